The number of anilines is 2. The fraction of sp³-hybridized carbons (Fsp3) is 0.278. The normalized spacial score (nSPS) is 16.2. The summed E-state index contributed by atoms with van der Waals surface area (Å²) >= 11 is 6.03. The predicted octanol–water partition coefficient (Wildman–Crippen LogP) is 4.48. The van der Waals surface area contributed by atoms with Crippen LogP contribution in [-0.2, 0) is 0 Å². The maximum Gasteiger partial charge on any atom is 0.326 e. The number of nitrogens with zero attached hydrogens (tertiary/aromatic N) is 1. The molecular formula is C18H19ClN2O3. The number of rotatable bonds is 2. The van der Waals surface area contributed by atoms with Gasteiger partial charge in [0.1, 0.15) is 17.6 Å². The Balaban J connectivity index is 1.91. The molecule has 1 heterocycles. The lowest BCUT2D eigenvalue weighted by Crippen LogP contribution is -2.44. The van der Waals surface area contributed by atoms with E-state index in [1.807, 2.05) is 32.0 Å². The summed E-state index contributed by atoms with van der Waals surface area (Å²) in [5.74, 6) is 1.26. The van der Waals surface area contributed by atoms with E-state index in [1.54, 1.807) is 30.2 Å². The van der Waals surface area contributed by atoms with Crippen molar-refractivity contribution >= 4 is 29.0 Å². The average Bonchev–Trinajstić information content (AvgIpc) is 2.54. The Morgan fingerprint density at radius 1 is 1.33 bits per heavy atom. The van der Waals surface area contributed by atoms with Gasteiger partial charge in [0.05, 0.1) is 25.0 Å². The Labute approximate surface area is 146 Å². The van der Waals surface area contributed by atoms with E-state index >= 15 is 0 Å². The van der Waals surface area contributed by atoms with Gasteiger partial charge in [0, 0.05) is 5.02 Å². The summed E-state index contributed by atoms with van der Waals surface area (Å²) in [7, 11) is 1.55. The molecular weight excluding hydrogens is 328 g/mol. The summed E-state index contributed by atoms with van der Waals surface area (Å²) < 4.78 is 11.1. The van der Waals surface area contributed by atoms with Crippen LogP contribution in [0.2, 0.25) is 5.02 Å². The smallest absolute Gasteiger partial charge is 0.326 e. The van der Waals surface area contributed by atoms with Crippen molar-refractivity contribution in [3.63, 3.8) is 0 Å². The number of fused-ring (bicyclic) bond motifs is 1. The number of carbonyl (C=O) groups excluding carboxylic acids is 1. The average molecular weight is 347 g/mol. The molecule has 0 saturated carbocycles. The summed E-state index contributed by atoms with van der Waals surface area (Å²) in [4.78, 5) is 14.5. The van der Waals surface area contributed by atoms with Crippen molar-refractivity contribution in [2.45, 2.75) is 20.0 Å². The largest absolute Gasteiger partial charge is 0.495 e. The highest BCUT2D eigenvalue weighted by Crippen LogP contribution is 2.35. The molecule has 0 saturated heterocycles. The van der Waals surface area contributed by atoms with Crippen LogP contribution in [0.1, 0.15) is 12.5 Å². The van der Waals surface area contributed by atoms with Crippen molar-refractivity contribution in [2.75, 3.05) is 23.9 Å². The van der Waals surface area contributed by atoms with E-state index < -0.39 is 0 Å². The summed E-state index contributed by atoms with van der Waals surface area (Å²) in [5.41, 5.74) is 2.35. The van der Waals surface area contributed by atoms with Crippen molar-refractivity contribution in [1.29, 1.82) is 0 Å². The van der Waals surface area contributed by atoms with Crippen LogP contribution in [0, 0.1) is 6.92 Å². The van der Waals surface area contributed by atoms with Gasteiger partial charge < -0.3 is 14.8 Å². The monoisotopic (exact) mass is 346 g/mol. The van der Waals surface area contributed by atoms with Gasteiger partial charge in [-0.15, -0.1) is 0 Å². The van der Waals surface area contributed by atoms with Gasteiger partial charge in [0.15, 0.2) is 0 Å². The zero-order chi connectivity index (χ0) is 17.3. The summed E-state index contributed by atoms with van der Waals surface area (Å²) in [5, 5.41) is 3.40. The highest BCUT2D eigenvalue weighted by atomic mass is 35.5. The number of urea groups is 1. The van der Waals surface area contributed by atoms with Gasteiger partial charge >= 0.3 is 6.03 Å². The molecule has 1 atom stereocenters. The first-order valence-corrected chi connectivity index (χ1v) is 8.05. The van der Waals surface area contributed by atoms with Crippen LogP contribution in [-0.4, -0.2) is 25.8 Å². The Hall–Kier alpha value is -2.40. The summed E-state index contributed by atoms with van der Waals surface area (Å²) in [6, 6.07) is 10.6. The molecule has 2 aromatic carbocycles. The number of amides is 2. The highest BCUT2D eigenvalue weighted by molar-refractivity contribution is 6.31. The van der Waals surface area contributed by atoms with Crippen LogP contribution >= 0.6 is 11.6 Å². The molecule has 6 heteroatoms. The Morgan fingerprint density at radius 3 is 2.88 bits per heavy atom. The lowest BCUT2D eigenvalue weighted by molar-refractivity contribution is 0.208. The second-order valence-corrected chi connectivity index (χ2v) is 6.22. The number of halogens is 1. The van der Waals surface area contributed by atoms with Crippen molar-refractivity contribution in [2.24, 2.45) is 0 Å². The van der Waals surface area contributed by atoms with E-state index in [1.165, 1.54) is 0 Å². The van der Waals surface area contributed by atoms with Crippen LogP contribution in [0.25, 0.3) is 0 Å². The molecule has 1 aliphatic heterocycles. The van der Waals surface area contributed by atoms with Gasteiger partial charge in [-0.05, 0) is 49.7 Å². The first-order valence-electron chi connectivity index (χ1n) is 7.67. The van der Waals surface area contributed by atoms with Gasteiger partial charge in [0.2, 0.25) is 0 Å². The van der Waals surface area contributed by atoms with Gasteiger partial charge in [-0.1, -0.05) is 17.7 Å². The molecule has 2 amide bonds. The molecule has 126 valence electrons. The van der Waals surface area contributed by atoms with E-state index in [-0.39, 0.29) is 12.1 Å². The minimum Gasteiger partial charge on any atom is -0.495 e. The first kappa shape index (κ1) is 16.5. The molecule has 0 unspecified atom stereocenters. The topological polar surface area (TPSA) is 50.8 Å². The molecule has 0 aromatic heterocycles. The number of hydrogen-bond acceptors (Lipinski definition) is 3. The van der Waals surface area contributed by atoms with Gasteiger partial charge in [0.25, 0.3) is 0 Å². The van der Waals surface area contributed by atoms with E-state index in [0.29, 0.717) is 28.8 Å². The molecule has 3 rings (SSSR count). The molecule has 0 radical (unpaired) electrons. The quantitative estimate of drug-likeness (QED) is 0.872. The second-order valence-electron chi connectivity index (χ2n) is 5.79. The summed E-state index contributed by atoms with van der Waals surface area (Å²) in [6.45, 7) is 4.38. The first-order chi connectivity index (χ1) is 11.5. The molecule has 0 aliphatic carbocycles. The number of ether oxygens (including phenoxy) is 2. The number of hydrogen-bond donors (Lipinski definition) is 1. The minimum absolute atomic E-state index is 0.0905. The Morgan fingerprint density at radius 2 is 2.12 bits per heavy atom. The number of nitrogens with one attached hydrogen (secondary N) is 1. The summed E-state index contributed by atoms with van der Waals surface area (Å²) in [6.07, 6.45) is -0.0905. The maximum absolute atomic E-state index is 12.8. The van der Waals surface area contributed by atoms with Crippen molar-refractivity contribution in [3.05, 3.63) is 47.0 Å². The highest BCUT2D eigenvalue weighted by Gasteiger charge is 2.28. The van der Waals surface area contributed by atoms with Crippen LogP contribution < -0.4 is 19.7 Å². The SMILES string of the molecule is COc1ccc(Cl)cc1NC(=O)N1C[C@@H](C)Oc2ccc(C)cc21. The molecule has 0 fully saturated rings. The fourth-order valence-corrected chi connectivity index (χ4v) is 2.87. The molecule has 1 aliphatic rings. The molecule has 2 aromatic rings. The zero-order valence-electron chi connectivity index (χ0n) is 13.8. The van der Waals surface area contributed by atoms with Crippen LogP contribution in [0.5, 0.6) is 11.5 Å². The third kappa shape index (κ3) is 3.26. The number of benzene rings is 2. The number of carbonyl (C=O) groups is 1. The van der Waals surface area contributed by atoms with Crippen LogP contribution in [0.4, 0.5) is 16.2 Å². The lowest BCUT2D eigenvalue weighted by atomic mass is 10.1. The number of methoxy groups -OCH3 is 1. The lowest BCUT2D eigenvalue weighted by Gasteiger charge is -2.33. The van der Waals surface area contributed by atoms with Crippen molar-refractivity contribution in [1.82, 2.24) is 0 Å². The van der Waals surface area contributed by atoms with E-state index in [0.717, 1.165) is 11.3 Å². The fourth-order valence-electron chi connectivity index (χ4n) is 2.70. The van der Waals surface area contributed by atoms with E-state index in [2.05, 4.69) is 5.32 Å². The molecule has 1 N–H and O–H groups in total. The zero-order valence-corrected chi connectivity index (χ0v) is 14.6. The van der Waals surface area contributed by atoms with Gasteiger partial charge in [-0.2, -0.15) is 0 Å². The predicted molar refractivity (Wildman–Crippen MR) is 95.6 cm³/mol. The van der Waals surface area contributed by atoms with E-state index in [4.69, 9.17) is 21.1 Å². The Bertz CT molecular complexity index is 779. The third-order valence-corrected chi connectivity index (χ3v) is 4.06. The number of aryl methyl sites for hydroxylation is 1. The van der Waals surface area contributed by atoms with Crippen LogP contribution in [0.3, 0.4) is 0 Å². The standard InChI is InChI=1S/C18H19ClN2O3/c1-11-4-6-17-15(8-11)21(10-12(2)24-17)18(22)20-14-9-13(19)5-7-16(14)23-3/h4-9,12H,10H2,1-3H3,(H,20,22)/t12-/m1/s1. The third-order valence-electron chi connectivity index (χ3n) is 3.82. The van der Waals surface area contributed by atoms with Crippen LogP contribution in [0.15, 0.2) is 36.4 Å². The van der Waals surface area contributed by atoms with Gasteiger partial charge in [-0.25, -0.2) is 4.79 Å². The Kier molecular flexibility index (Phi) is 4.53. The maximum atomic E-state index is 12.8. The molecule has 0 bridgehead atoms. The van der Waals surface area contributed by atoms with Gasteiger partial charge in [-0.3, -0.25) is 4.90 Å². The minimum atomic E-state index is -0.252. The molecule has 5 nitrogen and oxygen atoms in total. The molecule has 24 heavy (non-hydrogen) atoms. The van der Waals surface area contributed by atoms with Crippen molar-refractivity contribution < 1.29 is 14.3 Å². The van der Waals surface area contributed by atoms with E-state index in [9.17, 15) is 4.79 Å². The van der Waals surface area contributed by atoms with Crippen molar-refractivity contribution in [3.8, 4) is 11.5 Å². The molecule has 0 spiro atoms. The second kappa shape index (κ2) is 6.61.